The van der Waals surface area contributed by atoms with E-state index in [1.807, 2.05) is 6.07 Å². The van der Waals surface area contributed by atoms with Crippen molar-refractivity contribution < 1.29 is 28.1 Å². The highest BCUT2D eigenvalue weighted by Crippen LogP contribution is 2.71. The lowest BCUT2D eigenvalue weighted by molar-refractivity contribution is 0.0985. The Kier molecular flexibility index (Phi) is 8.48. The zero-order valence-corrected chi connectivity index (χ0v) is 23.9. The van der Waals surface area contributed by atoms with Gasteiger partial charge in [-0.15, -0.1) is 0 Å². The Labute approximate surface area is 240 Å². The third kappa shape index (κ3) is 5.88. The number of carbonyl (C=O) groups is 1. The summed E-state index contributed by atoms with van der Waals surface area (Å²) in [5, 5.41) is 14.5. The van der Waals surface area contributed by atoms with E-state index in [1.54, 1.807) is 31.2 Å². The van der Waals surface area contributed by atoms with Gasteiger partial charge < -0.3 is 25.4 Å². The van der Waals surface area contributed by atoms with Crippen LogP contribution in [0.4, 0.5) is 20.7 Å². The predicted octanol–water partition coefficient (Wildman–Crippen LogP) is 5.20. The maximum atomic E-state index is 13.7. The van der Waals surface area contributed by atoms with Crippen LogP contribution in [0.1, 0.15) is 38.8 Å². The van der Waals surface area contributed by atoms with Crippen LogP contribution in [-0.4, -0.2) is 68.7 Å². The number of ether oxygens (including phenoxy) is 1. The second-order valence-corrected chi connectivity index (χ2v) is 13.0. The molecule has 1 saturated heterocycles. The minimum absolute atomic E-state index is 0.0561. The van der Waals surface area contributed by atoms with Crippen LogP contribution in [-0.2, 0) is 9.48 Å². The molecule has 3 aromatic rings. The number of amides is 2. The molecule has 1 aromatic heterocycles. The molecule has 2 atom stereocenters. The minimum Gasteiger partial charge on any atom is -0.394 e. The molecule has 0 spiro atoms. The highest BCUT2D eigenvalue weighted by atomic mass is 32.3. The van der Waals surface area contributed by atoms with E-state index in [0.29, 0.717) is 61.2 Å². The van der Waals surface area contributed by atoms with Crippen LogP contribution >= 0.6 is 10.6 Å². The average molecular weight is 586 g/mol. The van der Waals surface area contributed by atoms with Gasteiger partial charge in [-0.05, 0) is 81.6 Å². The number of hydrogen-bond acceptors (Lipinski definition) is 8. The quantitative estimate of drug-likeness (QED) is 0.243. The van der Waals surface area contributed by atoms with Gasteiger partial charge in [-0.3, -0.25) is 9.11 Å². The summed E-state index contributed by atoms with van der Waals surface area (Å²) in [7, 11) is -3.40. The van der Waals surface area contributed by atoms with E-state index in [2.05, 4.69) is 22.5 Å². The van der Waals surface area contributed by atoms with Gasteiger partial charge in [0.2, 0.25) is 0 Å². The molecular formula is C29H36FN5O5S. The summed E-state index contributed by atoms with van der Waals surface area (Å²) in [6, 6.07) is 13.5. The van der Waals surface area contributed by atoms with Gasteiger partial charge in [-0.2, -0.15) is 10.6 Å². The maximum absolute atomic E-state index is 13.7. The van der Waals surface area contributed by atoms with Gasteiger partial charge in [0, 0.05) is 23.9 Å². The fraction of sp³-hybridized carbons (Fsp3) is 0.414. The molecule has 5 N–H and O–H groups in total. The Balaban J connectivity index is 1.53. The number of nitrogens with one attached hydrogen (secondary N) is 2. The maximum Gasteiger partial charge on any atom is 0.319 e. The molecule has 2 aromatic carbocycles. The first-order valence-electron chi connectivity index (χ1n) is 13.7. The smallest absolute Gasteiger partial charge is 0.319 e. The van der Waals surface area contributed by atoms with Gasteiger partial charge in [0.25, 0.3) is 0 Å². The van der Waals surface area contributed by atoms with Gasteiger partial charge in [0.1, 0.15) is 16.4 Å². The van der Waals surface area contributed by atoms with Crippen molar-refractivity contribution in [2.24, 2.45) is 0 Å². The van der Waals surface area contributed by atoms with E-state index < -0.39 is 27.2 Å². The molecule has 2 aliphatic rings. The minimum atomic E-state index is -3.40. The second-order valence-electron chi connectivity index (χ2n) is 10.7. The van der Waals surface area contributed by atoms with Crippen molar-refractivity contribution in [2.75, 3.05) is 36.6 Å². The number of aliphatic hydroxyl groups excluding tert-OH is 1. The third-order valence-electron chi connectivity index (χ3n) is 7.74. The number of hydrogen-bond donors (Lipinski definition) is 5. The van der Waals surface area contributed by atoms with Crippen molar-refractivity contribution in [1.82, 2.24) is 15.3 Å². The first-order chi connectivity index (χ1) is 19.6. The van der Waals surface area contributed by atoms with E-state index in [9.17, 15) is 18.3 Å². The highest BCUT2D eigenvalue weighted by Gasteiger charge is 2.52. The van der Waals surface area contributed by atoms with Crippen LogP contribution in [0.2, 0.25) is 0 Å². The van der Waals surface area contributed by atoms with E-state index in [4.69, 9.17) is 19.8 Å². The molecule has 1 aliphatic heterocycles. The van der Waals surface area contributed by atoms with Gasteiger partial charge in [0.15, 0.2) is 5.82 Å². The van der Waals surface area contributed by atoms with Crippen molar-refractivity contribution in [3.63, 3.8) is 0 Å². The molecule has 220 valence electrons. The molecule has 2 heterocycles. The summed E-state index contributed by atoms with van der Waals surface area (Å²) >= 11 is 0. The monoisotopic (exact) mass is 585 g/mol. The highest BCUT2D eigenvalue weighted by molar-refractivity contribution is 8.25. The van der Waals surface area contributed by atoms with Gasteiger partial charge in [0.05, 0.1) is 42.5 Å². The number of anilines is 2. The van der Waals surface area contributed by atoms with E-state index in [0.717, 1.165) is 6.42 Å². The van der Waals surface area contributed by atoms with Crippen molar-refractivity contribution in [3.05, 3.63) is 66.1 Å². The number of rotatable bonds is 8. The molecule has 2 amide bonds. The van der Waals surface area contributed by atoms with Crippen LogP contribution in [0.15, 0.2) is 59.5 Å². The topological polar surface area (TPSA) is 140 Å². The zero-order chi connectivity index (χ0) is 29.2. The average Bonchev–Trinajstić information content (AvgIpc) is 2.93. The molecule has 2 fully saturated rings. The van der Waals surface area contributed by atoms with Gasteiger partial charge in [-0.25, -0.2) is 19.2 Å². The number of aromatic nitrogens is 2. The SMILES string of the molecule is C[C@@H](CO)NC(=O)Nc1ccc(-c2nc(N3CCOC[C@@H]3C)cc(C3(S(O)(O)c4ccc(F)cc4)CCC3)n2)cc1. The van der Waals surface area contributed by atoms with Crippen LogP contribution in [0, 0.1) is 5.82 Å². The summed E-state index contributed by atoms with van der Waals surface area (Å²) in [5.74, 6) is 0.639. The third-order valence-corrected chi connectivity index (χ3v) is 10.4. The van der Waals surface area contributed by atoms with Gasteiger partial charge in [-0.1, -0.05) is 0 Å². The van der Waals surface area contributed by atoms with Crippen molar-refractivity contribution in [3.8, 4) is 11.4 Å². The molecule has 0 radical (unpaired) electrons. The Hall–Kier alpha value is -3.29. The number of halogens is 1. The second kappa shape index (κ2) is 11.9. The molecule has 1 aliphatic carbocycles. The van der Waals surface area contributed by atoms with Crippen molar-refractivity contribution >= 4 is 28.1 Å². The largest absolute Gasteiger partial charge is 0.394 e. The number of benzene rings is 2. The Morgan fingerprint density at radius 2 is 1.88 bits per heavy atom. The normalized spacial score (nSPS) is 19.7. The molecule has 41 heavy (non-hydrogen) atoms. The summed E-state index contributed by atoms with van der Waals surface area (Å²) in [6.07, 6.45) is 1.84. The Morgan fingerprint density at radius 1 is 1.17 bits per heavy atom. The predicted molar refractivity (Wildman–Crippen MR) is 157 cm³/mol. The molecule has 0 bridgehead atoms. The number of urea groups is 1. The zero-order valence-electron chi connectivity index (χ0n) is 23.1. The molecule has 12 heteroatoms. The molecular weight excluding hydrogens is 549 g/mol. The molecule has 1 saturated carbocycles. The Bertz CT molecular complexity index is 1370. The van der Waals surface area contributed by atoms with E-state index >= 15 is 0 Å². The first-order valence-corrected chi connectivity index (χ1v) is 15.2. The van der Waals surface area contributed by atoms with Crippen LogP contribution in [0.25, 0.3) is 11.4 Å². The lowest BCUT2D eigenvalue weighted by Gasteiger charge is -2.55. The summed E-state index contributed by atoms with van der Waals surface area (Å²) in [5.41, 5.74) is 1.78. The van der Waals surface area contributed by atoms with E-state index in [1.165, 1.54) is 24.3 Å². The lowest BCUT2D eigenvalue weighted by atomic mass is 9.81. The number of aliphatic hydroxyl groups is 1. The van der Waals surface area contributed by atoms with Crippen LogP contribution in [0.5, 0.6) is 0 Å². The molecule has 10 nitrogen and oxygen atoms in total. The molecule has 0 unspecified atom stereocenters. The summed E-state index contributed by atoms with van der Waals surface area (Å²) in [4.78, 5) is 24.4. The fourth-order valence-electron chi connectivity index (χ4n) is 5.19. The van der Waals surface area contributed by atoms with Crippen molar-refractivity contribution in [1.29, 1.82) is 0 Å². The van der Waals surface area contributed by atoms with Crippen LogP contribution in [0.3, 0.4) is 0 Å². The molecule has 5 rings (SSSR count). The van der Waals surface area contributed by atoms with E-state index in [-0.39, 0.29) is 23.6 Å². The standard InChI is InChI=1S/C29H36FN5O5S/c1-19(17-36)31-28(37)32-23-8-4-21(5-9-23)27-33-25(16-26(34-27)35-14-15-40-18-20(35)2)29(12-3-13-29)41(38,39)24-10-6-22(30)7-11-24/h4-11,16,19-20,36,38-39H,3,12-15,17-18H2,1-2H3,(H2,31,32,37)/t19-,20-/m0/s1. The lowest BCUT2D eigenvalue weighted by Crippen LogP contribution is -2.45. The Morgan fingerprint density at radius 3 is 2.49 bits per heavy atom. The van der Waals surface area contributed by atoms with Gasteiger partial charge >= 0.3 is 6.03 Å². The first kappa shape index (κ1) is 29.2. The summed E-state index contributed by atoms with van der Waals surface area (Å²) in [6.45, 7) is 5.29. The number of morpholine rings is 1. The summed E-state index contributed by atoms with van der Waals surface area (Å²) < 4.78 is 41.6. The number of carbonyl (C=O) groups excluding carboxylic acids is 1. The van der Waals surface area contributed by atoms with Crippen LogP contribution < -0.4 is 15.5 Å². The van der Waals surface area contributed by atoms with Crippen molar-refractivity contribution in [2.45, 2.75) is 54.8 Å². The number of nitrogens with zero attached hydrogens (tertiary/aromatic N) is 3. The fourth-order valence-corrected chi connectivity index (χ4v) is 7.41.